The lowest BCUT2D eigenvalue weighted by Gasteiger charge is -2.06. The van der Waals surface area contributed by atoms with Crippen LogP contribution in [0.3, 0.4) is 0 Å². The van der Waals surface area contributed by atoms with Crippen LogP contribution >= 0.6 is 11.6 Å². The number of aromatic nitrogens is 2. The Morgan fingerprint density at radius 1 is 0.905 bits per heavy atom. The van der Waals surface area contributed by atoms with E-state index in [2.05, 4.69) is 41.1 Å². The molecule has 4 aromatic rings. The van der Waals surface area contributed by atoms with Crippen LogP contribution in [0.25, 0.3) is 21.8 Å². The molecule has 3 heteroatoms. The number of para-hydroxylation sites is 1. The van der Waals surface area contributed by atoms with E-state index >= 15 is 0 Å². The minimum Gasteiger partial charge on any atom is -0.341 e. The molecule has 4 rings (SSSR count). The molecule has 0 radical (unpaired) electrons. The van der Waals surface area contributed by atoms with Gasteiger partial charge in [-0.1, -0.05) is 41.9 Å². The van der Waals surface area contributed by atoms with E-state index in [-0.39, 0.29) is 0 Å². The van der Waals surface area contributed by atoms with Crippen LogP contribution in [0.5, 0.6) is 0 Å². The van der Waals surface area contributed by atoms with Gasteiger partial charge in [0.15, 0.2) is 0 Å². The molecule has 0 amide bonds. The molecule has 2 nitrogen and oxygen atoms in total. The van der Waals surface area contributed by atoms with E-state index in [4.69, 9.17) is 16.6 Å². The average Bonchev–Trinajstić information content (AvgIpc) is 2.92. The summed E-state index contributed by atoms with van der Waals surface area (Å²) >= 11 is 6.22. The fourth-order valence-electron chi connectivity index (χ4n) is 2.69. The molecule has 0 fully saturated rings. The van der Waals surface area contributed by atoms with E-state index in [9.17, 15) is 0 Å². The fourth-order valence-corrected chi connectivity index (χ4v) is 2.93. The molecule has 0 bridgehead atoms. The molecule has 0 unspecified atom stereocenters. The summed E-state index contributed by atoms with van der Waals surface area (Å²) in [5, 5.41) is 3.04. The third-order valence-electron chi connectivity index (χ3n) is 3.75. The second kappa shape index (κ2) is 4.90. The van der Waals surface area contributed by atoms with Crippen molar-refractivity contribution in [2.45, 2.75) is 6.54 Å². The van der Waals surface area contributed by atoms with Gasteiger partial charge in [-0.3, -0.25) is 4.98 Å². The molecule has 2 heterocycles. The number of pyridine rings is 1. The number of fused-ring (bicyclic) bond motifs is 2. The third kappa shape index (κ3) is 2.18. The van der Waals surface area contributed by atoms with E-state index in [0.717, 1.165) is 33.7 Å². The Hall–Kier alpha value is -2.32. The van der Waals surface area contributed by atoms with Crippen molar-refractivity contribution in [1.29, 1.82) is 0 Å². The van der Waals surface area contributed by atoms with Crippen LogP contribution in [0, 0.1) is 0 Å². The van der Waals surface area contributed by atoms with Gasteiger partial charge in [0.1, 0.15) is 0 Å². The van der Waals surface area contributed by atoms with Gasteiger partial charge in [0.05, 0.1) is 17.8 Å². The van der Waals surface area contributed by atoms with Gasteiger partial charge in [0.2, 0.25) is 0 Å². The second-order valence-electron chi connectivity index (χ2n) is 5.11. The molecular formula is C18H13ClN2. The predicted octanol–water partition coefficient (Wildman–Crippen LogP) is 4.89. The van der Waals surface area contributed by atoms with Crippen molar-refractivity contribution < 1.29 is 0 Å². The van der Waals surface area contributed by atoms with Crippen molar-refractivity contribution in [3.05, 3.63) is 77.6 Å². The summed E-state index contributed by atoms with van der Waals surface area (Å²) in [7, 11) is 0. The SMILES string of the molecule is Clc1cccc2c1ccn2Cc1ccc2ccccc2n1. The first kappa shape index (κ1) is 12.4. The zero-order chi connectivity index (χ0) is 14.2. The van der Waals surface area contributed by atoms with Crippen molar-refractivity contribution in [1.82, 2.24) is 9.55 Å². The molecule has 2 aromatic carbocycles. The Morgan fingerprint density at radius 2 is 1.81 bits per heavy atom. The van der Waals surface area contributed by atoms with Crippen molar-refractivity contribution in [2.75, 3.05) is 0 Å². The minimum atomic E-state index is 0.745. The molecule has 21 heavy (non-hydrogen) atoms. The Kier molecular flexibility index (Phi) is 2.90. The smallest absolute Gasteiger partial charge is 0.0706 e. The normalized spacial score (nSPS) is 11.3. The maximum absolute atomic E-state index is 6.22. The van der Waals surface area contributed by atoms with Gasteiger partial charge in [-0.2, -0.15) is 0 Å². The topological polar surface area (TPSA) is 17.8 Å². The number of halogens is 1. The highest BCUT2D eigenvalue weighted by Gasteiger charge is 2.05. The van der Waals surface area contributed by atoms with Crippen LogP contribution in [0.1, 0.15) is 5.69 Å². The van der Waals surface area contributed by atoms with Gasteiger partial charge >= 0.3 is 0 Å². The minimum absolute atomic E-state index is 0.745. The molecule has 0 spiro atoms. The van der Waals surface area contributed by atoms with Crippen molar-refractivity contribution in [3.8, 4) is 0 Å². The summed E-state index contributed by atoms with van der Waals surface area (Å²) in [6.45, 7) is 0.745. The van der Waals surface area contributed by atoms with E-state index in [1.54, 1.807) is 0 Å². The molecule has 0 N–H and O–H groups in total. The van der Waals surface area contributed by atoms with E-state index in [1.807, 2.05) is 30.3 Å². The highest BCUT2D eigenvalue weighted by Crippen LogP contribution is 2.25. The lowest BCUT2D eigenvalue weighted by molar-refractivity contribution is 0.812. The van der Waals surface area contributed by atoms with Crippen LogP contribution in [0.4, 0.5) is 0 Å². The number of hydrogen-bond donors (Lipinski definition) is 0. The summed E-state index contributed by atoms with van der Waals surface area (Å²) in [5.74, 6) is 0. The number of nitrogens with zero attached hydrogens (tertiary/aromatic N) is 2. The van der Waals surface area contributed by atoms with Crippen LogP contribution in [-0.4, -0.2) is 9.55 Å². The van der Waals surface area contributed by atoms with Gasteiger partial charge in [-0.25, -0.2) is 0 Å². The second-order valence-corrected chi connectivity index (χ2v) is 5.52. The zero-order valence-electron chi connectivity index (χ0n) is 11.3. The van der Waals surface area contributed by atoms with Crippen LogP contribution in [-0.2, 0) is 6.54 Å². The Labute approximate surface area is 127 Å². The number of benzene rings is 2. The highest BCUT2D eigenvalue weighted by atomic mass is 35.5. The quantitative estimate of drug-likeness (QED) is 0.514. The largest absolute Gasteiger partial charge is 0.341 e. The Bertz CT molecular complexity index is 940. The molecule has 0 aliphatic rings. The first-order valence-corrected chi connectivity index (χ1v) is 7.27. The summed E-state index contributed by atoms with van der Waals surface area (Å²) in [4.78, 5) is 4.73. The first-order chi connectivity index (χ1) is 10.3. The fraction of sp³-hybridized carbons (Fsp3) is 0.0556. The maximum atomic E-state index is 6.22. The van der Waals surface area contributed by atoms with Gasteiger partial charge in [-0.05, 0) is 30.3 Å². The van der Waals surface area contributed by atoms with E-state index in [0.29, 0.717) is 0 Å². The molecule has 0 saturated carbocycles. The van der Waals surface area contributed by atoms with Crippen LogP contribution in [0.2, 0.25) is 5.02 Å². The van der Waals surface area contributed by atoms with Crippen LogP contribution in [0.15, 0.2) is 66.9 Å². The number of hydrogen-bond acceptors (Lipinski definition) is 1. The van der Waals surface area contributed by atoms with Gasteiger partial charge < -0.3 is 4.57 Å². The van der Waals surface area contributed by atoms with Gasteiger partial charge in [-0.15, -0.1) is 0 Å². The van der Waals surface area contributed by atoms with Crippen molar-refractivity contribution >= 4 is 33.4 Å². The lowest BCUT2D eigenvalue weighted by Crippen LogP contribution is -2.00. The van der Waals surface area contributed by atoms with Gasteiger partial charge in [0.25, 0.3) is 0 Å². The Balaban J connectivity index is 1.77. The molecule has 2 aromatic heterocycles. The van der Waals surface area contributed by atoms with Crippen LogP contribution < -0.4 is 0 Å². The molecule has 0 saturated heterocycles. The summed E-state index contributed by atoms with van der Waals surface area (Å²) in [6, 6.07) is 20.4. The molecule has 102 valence electrons. The summed E-state index contributed by atoms with van der Waals surface area (Å²) in [6.07, 6.45) is 2.06. The van der Waals surface area contributed by atoms with Gasteiger partial charge in [0, 0.05) is 27.5 Å². The average molecular weight is 293 g/mol. The first-order valence-electron chi connectivity index (χ1n) is 6.89. The molecule has 0 atom stereocenters. The van der Waals surface area contributed by atoms with Crippen molar-refractivity contribution in [3.63, 3.8) is 0 Å². The third-order valence-corrected chi connectivity index (χ3v) is 4.08. The van der Waals surface area contributed by atoms with E-state index in [1.165, 1.54) is 5.39 Å². The lowest BCUT2D eigenvalue weighted by atomic mass is 10.2. The Morgan fingerprint density at radius 3 is 2.76 bits per heavy atom. The van der Waals surface area contributed by atoms with Crippen molar-refractivity contribution in [2.24, 2.45) is 0 Å². The summed E-state index contributed by atoms with van der Waals surface area (Å²) in [5.41, 5.74) is 3.22. The molecule has 0 aliphatic heterocycles. The highest BCUT2D eigenvalue weighted by molar-refractivity contribution is 6.35. The predicted molar refractivity (Wildman–Crippen MR) is 87.8 cm³/mol. The summed E-state index contributed by atoms with van der Waals surface area (Å²) < 4.78 is 2.18. The van der Waals surface area contributed by atoms with E-state index < -0.39 is 0 Å². The zero-order valence-corrected chi connectivity index (χ0v) is 12.1. The maximum Gasteiger partial charge on any atom is 0.0706 e. The standard InChI is InChI=1S/C18H13ClN2/c19-16-5-3-7-18-15(16)10-11-21(18)12-14-9-8-13-4-1-2-6-17(13)20-14/h1-11H,12H2. The number of rotatable bonds is 2. The molecule has 0 aliphatic carbocycles. The molecular weight excluding hydrogens is 280 g/mol. The monoisotopic (exact) mass is 292 g/mol.